The minimum Gasteiger partial charge on any atom is -0.319 e. The van der Waals surface area contributed by atoms with E-state index in [9.17, 15) is 14.4 Å². The maximum Gasteiger partial charge on any atom is 0.329 e. The lowest BCUT2D eigenvalue weighted by atomic mass is 10.0. The van der Waals surface area contributed by atoms with E-state index in [1.165, 1.54) is 0 Å². The first kappa shape index (κ1) is 12.8. The summed E-state index contributed by atoms with van der Waals surface area (Å²) in [5, 5.41) is 5.53. The molecule has 2 atom stereocenters. The van der Waals surface area contributed by atoms with Crippen molar-refractivity contribution in [1.82, 2.24) is 10.6 Å². The van der Waals surface area contributed by atoms with Gasteiger partial charge in [0.05, 0.1) is 11.7 Å². The van der Waals surface area contributed by atoms with Gasteiger partial charge in [-0.1, -0.05) is 18.2 Å². The highest BCUT2D eigenvalue weighted by Crippen LogP contribution is 2.20. The first-order valence-corrected chi connectivity index (χ1v) is 6.65. The summed E-state index contributed by atoms with van der Waals surface area (Å²) in [6.45, 7) is 0.771. The van der Waals surface area contributed by atoms with Gasteiger partial charge in [-0.25, -0.2) is 9.69 Å². The zero-order chi connectivity index (χ0) is 14.1. The van der Waals surface area contributed by atoms with Gasteiger partial charge in [-0.05, 0) is 31.5 Å². The van der Waals surface area contributed by atoms with Crippen LogP contribution in [0.15, 0.2) is 30.3 Å². The summed E-state index contributed by atoms with van der Waals surface area (Å²) in [6.07, 6.45) is 1.62. The summed E-state index contributed by atoms with van der Waals surface area (Å²) < 4.78 is 0. The van der Waals surface area contributed by atoms with E-state index in [1.807, 2.05) is 0 Å². The lowest BCUT2D eigenvalue weighted by molar-refractivity contribution is -0.128. The number of nitrogens with zero attached hydrogens (tertiary/aromatic N) is 1. The van der Waals surface area contributed by atoms with Gasteiger partial charge in [-0.2, -0.15) is 0 Å². The number of para-hydroxylation sites is 1. The van der Waals surface area contributed by atoms with Crippen molar-refractivity contribution in [1.29, 1.82) is 0 Å². The minimum absolute atomic E-state index is 0.251. The summed E-state index contributed by atoms with van der Waals surface area (Å²) in [7, 11) is 0. The van der Waals surface area contributed by atoms with Gasteiger partial charge >= 0.3 is 6.03 Å². The topological polar surface area (TPSA) is 78.5 Å². The number of nitrogens with one attached hydrogen (secondary N) is 2. The third-order valence-corrected chi connectivity index (χ3v) is 3.64. The lowest BCUT2D eigenvalue weighted by Crippen LogP contribution is -2.47. The van der Waals surface area contributed by atoms with Crippen LogP contribution < -0.4 is 15.5 Å². The minimum atomic E-state index is -1.07. The molecule has 0 saturated carbocycles. The molecule has 2 heterocycles. The highest BCUT2D eigenvalue weighted by Gasteiger charge is 2.45. The third kappa shape index (κ3) is 2.08. The molecule has 1 aromatic rings. The van der Waals surface area contributed by atoms with Crippen LogP contribution in [0, 0.1) is 0 Å². The highest BCUT2D eigenvalue weighted by atomic mass is 16.2. The van der Waals surface area contributed by atoms with Gasteiger partial charge in [0.2, 0.25) is 0 Å². The summed E-state index contributed by atoms with van der Waals surface area (Å²) >= 11 is 0. The number of carbonyl (C=O) groups is 3. The number of ketones is 1. The number of amides is 3. The number of carbonyl (C=O) groups excluding carboxylic acids is 3. The van der Waals surface area contributed by atoms with E-state index in [4.69, 9.17) is 0 Å². The summed E-state index contributed by atoms with van der Waals surface area (Å²) in [6, 6.07) is 6.66. The van der Waals surface area contributed by atoms with Crippen LogP contribution in [0.25, 0.3) is 0 Å². The summed E-state index contributed by atoms with van der Waals surface area (Å²) in [5.41, 5.74) is 0.477. The molecular weight excluding hydrogens is 258 g/mol. The Bertz CT molecular complexity index is 552. The molecule has 104 valence electrons. The Morgan fingerprint density at radius 1 is 1.20 bits per heavy atom. The molecular formula is C14H15N3O3. The number of hydrogen-bond acceptors (Lipinski definition) is 4. The van der Waals surface area contributed by atoms with Crippen LogP contribution in [0.5, 0.6) is 0 Å². The van der Waals surface area contributed by atoms with E-state index in [0.29, 0.717) is 12.1 Å². The van der Waals surface area contributed by atoms with Crippen molar-refractivity contribution >= 4 is 23.4 Å². The fraction of sp³-hybridized carbons (Fsp3) is 0.357. The van der Waals surface area contributed by atoms with Gasteiger partial charge < -0.3 is 10.6 Å². The standard InChI is InChI=1S/C14H15N3O3/c18-12(10-7-4-8-15-10)11-13(19)17(14(20)16-11)9-5-2-1-3-6-9/h1-3,5-6,10-11,15H,4,7-8H2,(H,16,20)/t10-,11?/m0/s1. The molecule has 0 aliphatic carbocycles. The Kier molecular flexibility index (Phi) is 3.23. The van der Waals surface area contributed by atoms with E-state index in [0.717, 1.165) is 17.9 Å². The normalized spacial score (nSPS) is 25.9. The number of imide groups is 1. The average molecular weight is 273 g/mol. The smallest absolute Gasteiger partial charge is 0.319 e. The predicted octanol–water partition coefficient (Wildman–Crippen LogP) is 0.432. The molecule has 2 saturated heterocycles. The number of Topliss-reactive ketones (excluding diaryl/α,β-unsaturated/α-hetero) is 1. The Hall–Kier alpha value is -2.21. The molecule has 2 aliphatic rings. The van der Waals surface area contributed by atoms with Crippen molar-refractivity contribution in [2.75, 3.05) is 11.4 Å². The molecule has 1 aromatic carbocycles. The molecule has 2 fully saturated rings. The van der Waals surface area contributed by atoms with Crippen molar-refractivity contribution in [3.8, 4) is 0 Å². The van der Waals surface area contributed by atoms with Gasteiger partial charge in [-0.3, -0.25) is 9.59 Å². The third-order valence-electron chi connectivity index (χ3n) is 3.64. The second kappa shape index (κ2) is 5.05. The Labute approximate surface area is 116 Å². The van der Waals surface area contributed by atoms with Crippen LogP contribution in [0.2, 0.25) is 0 Å². The van der Waals surface area contributed by atoms with E-state index in [2.05, 4.69) is 10.6 Å². The molecule has 6 nitrogen and oxygen atoms in total. The van der Waals surface area contributed by atoms with E-state index in [1.54, 1.807) is 30.3 Å². The number of benzene rings is 1. The molecule has 0 spiro atoms. The van der Waals surface area contributed by atoms with Gasteiger partial charge in [0.15, 0.2) is 11.8 Å². The van der Waals surface area contributed by atoms with Crippen LogP contribution in [0.4, 0.5) is 10.5 Å². The van der Waals surface area contributed by atoms with E-state index >= 15 is 0 Å². The molecule has 6 heteroatoms. The van der Waals surface area contributed by atoms with E-state index in [-0.39, 0.29) is 11.8 Å². The largest absolute Gasteiger partial charge is 0.329 e. The van der Waals surface area contributed by atoms with Gasteiger partial charge in [0.1, 0.15) is 0 Å². The Morgan fingerprint density at radius 3 is 2.60 bits per heavy atom. The Morgan fingerprint density at radius 2 is 1.95 bits per heavy atom. The van der Waals surface area contributed by atoms with Crippen molar-refractivity contribution in [3.05, 3.63) is 30.3 Å². The van der Waals surface area contributed by atoms with Crippen molar-refractivity contribution in [2.24, 2.45) is 0 Å². The molecule has 0 radical (unpaired) electrons. The van der Waals surface area contributed by atoms with Crippen LogP contribution in [-0.4, -0.2) is 36.3 Å². The van der Waals surface area contributed by atoms with Crippen molar-refractivity contribution in [2.45, 2.75) is 24.9 Å². The molecule has 3 rings (SSSR count). The quantitative estimate of drug-likeness (QED) is 0.618. The van der Waals surface area contributed by atoms with E-state index < -0.39 is 18.0 Å². The molecule has 20 heavy (non-hydrogen) atoms. The first-order chi connectivity index (χ1) is 9.68. The average Bonchev–Trinajstić information content (AvgIpc) is 3.08. The van der Waals surface area contributed by atoms with Crippen LogP contribution >= 0.6 is 0 Å². The van der Waals surface area contributed by atoms with Gasteiger partial charge in [0.25, 0.3) is 5.91 Å². The molecule has 1 unspecified atom stereocenters. The zero-order valence-electron chi connectivity index (χ0n) is 10.8. The van der Waals surface area contributed by atoms with Crippen molar-refractivity contribution < 1.29 is 14.4 Å². The number of hydrogen-bond donors (Lipinski definition) is 2. The Balaban J connectivity index is 1.81. The van der Waals surface area contributed by atoms with Crippen LogP contribution in [0.1, 0.15) is 12.8 Å². The molecule has 2 aliphatic heterocycles. The number of urea groups is 1. The maximum absolute atomic E-state index is 12.3. The summed E-state index contributed by atoms with van der Waals surface area (Å²) in [5.74, 6) is -0.751. The van der Waals surface area contributed by atoms with Crippen LogP contribution in [0.3, 0.4) is 0 Å². The molecule has 2 N–H and O–H groups in total. The summed E-state index contributed by atoms with van der Waals surface area (Å²) in [4.78, 5) is 37.5. The molecule has 0 aromatic heterocycles. The first-order valence-electron chi connectivity index (χ1n) is 6.65. The second-order valence-corrected chi connectivity index (χ2v) is 4.94. The predicted molar refractivity (Wildman–Crippen MR) is 72.3 cm³/mol. The molecule has 0 bridgehead atoms. The SMILES string of the molecule is O=C(C1NC(=O)N(c2ccccc2)C1=O)[C@@H]1CCCN1. The van der Waals surface area contributed by atoms with Gasteiger partial charge in [0, 0.05) is 0 Å². The molecule has 3 amide bonds. The number of rotatable bonds is 3. The fourth-order valence-corrected chi connectivity index (χ4v) is 2.62. The number of anilines is 1. The highest BCUT2D eigenvalue weighted by molar-refractivity contribution is 6.28. The fourth-order valence-electron chi connectivity index (χ4n) is 2.62. The zero-order valence-corrected chi connectivity index (χ0v) is 10.8. The second-order valence-electron chi connectivity index (χ2n) is 4.94. The van der Waals surface area contributed by atoms with Crippen molar-refractivity contribution in [3.63, 3.8) is 0 Å². The lowest BCUT2D eigenvalue weighted by Gasteiger charge is -2.14. The van der Waals surface area contributed by atoms with Crippen LogP contribution in [-0.2, 0) is 9.59 Å². The monoisotopic (exact) mass is 273 g/mol. The maximum atomic E-state index is 12.3. The van der Waals surface area contributed by atoms with Gasteiger partial charge in [-0.15, -0.1) is 0 Å².